The number of rotatable bonds is 7. The molecule has 4 aromatic rings. The highest BCUT2D eigenvalue weighted by Crippen LogP contribution is 2.48. The molecule has 0 spiro atoms. The minimum absolute atomic E-state index is 0.0161. The fourth-order valence-corrected chi connectivity index (χ4v) is 5.35. The van der Waals surface area contributed by atoms with E-state index >= 15 is 4.39 Å². The predicted molar refractivity (Wildman–Crippen MR) is 150 cm³/mol. The van der Waals surface area contributed by atoms with Crippen molar-refractivity contribution in [2.75, 3.05) is 20.3 Å². The second-order valence-corrected chi connectivity index (χ2v) is 11.9. The number of halogens is 5. The minimum atomic E-state index is -5.29. The molecule has 226 valence electrons. The summed E-state index contributed by atoms with van der Waals surface area (Å²) < 4.78 is 72.0. The molecule has 43 heavy (non-hydrogen) atoms. The molecule has 2 aromatic heterocycles. The number of benzene rings is 2. The summed E-state index contributed by atoms with van der Waals surface area (Å²) >= 11 is 5.96. The largest absolute Gasteiger partial charge is 0.494 e. The van der Waals surface area contributed by atoms with Gasteiger partial charge in [-0.15, -0.1) is 0 Å². The van der Waals surface area contributed by atoms with Crippen molar-refractivity contribution in [3.63, 3.8) is 0 Å². The quantitative estimate of drug-likeness (QED) is 0.244. The standard InChI is InChI=1S/C30H27ClF4N4O4/c1-28(2)14-43-26-19(28)11-22(37-25(26)18-5-4-6-20(31)23(18)32)29(41,30(33,34)35)13-36-27(40)15-9-16-12-39(17-7-8-17)38-24(16)21(10-15)42-3/h4-6,9-12,17,41H,7-8,13-14H2,1-3H3,(H,36,40)/t29-/m0/s1. The zero-order chi connectivity index (χ0) is 30.9. The lowest BCUT2D eigenvalue weighted by Gasteiger charge is -2.31. The highest BCUT2D eigenvalue weighted by Gasteiger charge is 2.57. The molecule has 2 N–H and O–H groups in total. The lowest BCUT2D eigenvalue weighted by molar-refractivity contribution is -0.265. The number of nitrogens with one attached hydrogen (secondary N) is 1. The van der Waals surface area contributed by atoms with Gasteiger partial charge >= 0.3 is 6.18 Å². The maximum atomic E-state index is 15.1. The number of aliphatic hydroxyl groups is 1. The number of hydrogen-bond donors (Lipinski definition) is 2. The van der Waals surface area contributed by atoms with Crippen molar-refractivity contribution in [2.24, 2.45) is 0 Å². The van der Waals surface area contributed by atoms with Crippen molar-refractivity contribution >= 4 is 28.4 Å². The van der Waals surface area contributed by atoms with Crippen molar-refractivity contribution in [1.82, 2.24) is 20.1 Å². The van der Waals surface area contributed by atoms with E-state index in [1.54, 1.807) is 24.7 Å². The fraction of sp³-hybridized carbons (Fsp3) is 0.367. The van der Waals surface area contributed by atoms with Crippen LogP contribution in [-0.2, 0) is 11.0 Å². The number of fused-ring (bicyclic) bond motifs is 2. The van der Waals surface area contributed by atoms with Crippen molar-refractivity contribution in [3.05, 3.63) is 70.3 Å². The topological polar surface area (TPSA) is 98.5 Å². The predicted octanol–water partition coefficient (Wildman–Crippen LogP) is 6.08. The smallest absolute Gasteiger partial charge is 0.424 e. The van der Waals surface area contributed by atoms with Crippen molar-refractivity contribution < 1.29 is 36.9 Å². The maximum Gasteiger partial charge on any atom is 0.424 e. The third-order valence-electron chi connectivity index (χ3n) is 7.88. The van der Waals surface area contributed by atoms with E-state index < -0.39 is 41.2 Å². The van der Waals surface area contributed by atoms with E-state index in [0.717, 1.165) is 18.9 Å². The highest BCUT2D eigenvalue weighted by molar-refractivity contribution is 6.31. The Morgan fingerprint density at radius 1 is 1.26 bits per heavy atom. The molecule has 2 aromatic carbocycles. The zero-order valence-electron chi connectivity index (χ0n) is 23.4. The van der Waals surface area contributed by atoms with Gasteiger partial charge in [-0.3, -0.25) is 9.48 Å². The van der Waals surface area contributed by atoms with Crippen LogP contribution in [0.3, 0.4) is 0 Å². The van der Waals surface area contributed by atoms with E-state index in [-0.39, 0.29) is 46.0 Å². The first kappa shape index (κ1) is 29.2. The molecule has 8 nitrogen and oxygen atoms in total. The molecular formula is C30H27ClF4N4O4. The van der Waals surface area contributed by atoms with E-state index in [1.807, 2.05) is 0 Å². The molecule has 1 amide bonds. The summed E-state index contributed by atoms with van der Waals surface area (Å²) in [7, 11) is 1.40. The molecule has 1 aliphatic carbocycles. The van der Waals surface area contributed by atoms with Crippen LogP contribution in [0.1, 0.15) is 54.3 Å². The van der Waals surface area contributed by atoms with Crippen LogP contribution in [0.4, 0.5) is 17.6 Å². The van der Waals surface area contributed by atoms with Crippen molar-refractivity contribution in [2.45, 2.75) is 49.9 Å². The van der Waals surface area contributed by atoms with Gasteiger partial charge in [0.25, 0.3) is 5.91 Å². The Bertz CT molecular complexity index is 1770. The average Bonchev–Trinajstić information content (AvgIpc) is 3.65. The number of methoxy groups -OCH3 is 1. The second-order valence-electron chi connectivity index (χ2n) is 11.5. The normalized spacial score (nSPS) is 17.3. The Balaban J connectivity index is 1.39. The Morgan fingerprint density at radius 2 is 2.00 bits per heavy atom. The number of ether oxygens (including phenoxy) is 2. The van der Waals surface area contributed by atoms with Gasteiger partial charge in [0.1, 0.15) is 22.7 Å². The number of nitrogens with zero attached hydrogens (tertiary/aromatic N) is 3. The fourth-order valence-electron chi connectivity index (χ4n) is 5.17. The third kappa shape index (κ3) is 4.96. The van der Waals surface area contributed by atoms with Gasteiger partial charge in [-0.25, -0.2) is 9.37 Å². The molecule has 2 aliphatic rings. The van der Waals surface area contributed by atoms with Crippen LogP contribution in [0.5, 0.6) is 11.5 Å². The molecule has 0 radical (unpaired) electrons. The van der Waals surface area contributed by atoms with Gasteiger partial charge in [-0.1, -0.05) is 31.5 Å². The number of alkyl halides is 3. The third-order valence-corrected chi connectivity index (χ3v) is 8.17. The molecule has 13 heteroatoms. The van der Waals surface area contributed by atoms with Gasteiger partial charge in [0, 0.05) is 33.7 Å². The number of carbonyl (C=O) groups excluding carboxylic acids is 1. The summed E-state index contributed by atoms with van der Waals surface area (Å²) in [4.78, 5) is 17.3. The van der Waals surface area contributed by atoms with Crippen LogP contribution in [0.25, 0.3) is 22.2 Å². The Hall–Kier alpha value is -3.90. The monoisotopic (exact) mass is 618 g/mol. The van der Waals surface area contributed by atoms with Crippen LogP contribution in [0.2, 0.25) is 5.02 Å². The van der Waals surface area contributed by atoms with Gasteiger partial charge in [0.15, 0.2) is 5.82 Å². The Kier molecular flexibility index (Phi) is 6.85. The van der Waals surface area contributed by atoms with Crippen LogP contribution in [0, 0.1) is 5.82 Å². The van der Waals surface area contributed by atoms with E-state index in [0.29, 0.717) is 16.5 Å². The van der Waals surface area contributed by atoms with Crippen molar-refractivity contribution in [3.8, 4) is 22.8 Å². The summed E-state index contributed by atoms with van der Waals surface area (Å²) in [6.07, 6.45) is -1.58. The molecule has 0 unspecified atom stereocenters. The summed E-state index contributed by atoms with van der Waals surface area (Å²) in [5, 5.41) is 18.3. The summed E-state index contributed by atoms with van der Waals surface area (Å²) in [6, 6.07) is 8.26. The first-order valence-electron chi connectivity index (χ1n) is 13.5. The Labute approximate surface area is 248 Å². The summed E-state index contributed by atoms with van der Waals surface area (Å²) in [5.41, 5.74) is -4.87. The van der Waals surface area contributed by atoms with Crippen LogP contribution >= 0.6 is 11.6 Å². The SMILES string of the molecule is COc1cc(C(=O)NC[C@](O)(c2cc3c(c(-c4cccc(Cl)c4F)n2)OCC3(C)C)C(F)(F)F)cc2cn(C3CC3)nc12. The summed E-state index contributed by atoms with van der Waals surface area (Å²) in [5.74, 6) is -1.41. The van der Waals surface area contributed by atoms with Gasteiger partial charge in [-0.05, 0) is 43.2 Å². The molecule has 1 fully saturated rings. The molecule has 1 saturated carbocycles. The van der Waals surface area contributed by atoms with E-state index in [1.165, 1.54) is 37.4 Å². The lowest BCUT2D eigenvalue weighted by Crippen LogP contribution is -2.51. The molecule has 0 saturated heterocycles. The molecule has 1 aliphatic heterocycles. The van der Waals surface area contributed by atoms with Gasteiger partial charge < -0.3 is 19.9 Å². The van der Waals surface area contributed by atoms with Crippen molar-refractivity contribution in [1.29, 1.82) is 0 Å². The second kappa shape index (κ2) is 10.1. The maximum absolute atomic E-state index is 15.1. The van der Waals surface area contributed by atoms with Crippen LogP contribution in [-0.4, -0.2) is 52.2 Å². The molecular weight excluding hydrogens is 592 g/mol. The van der Waals surface area contributed by atoms with E-state index in [2.05, 4.69) is 15.4 Å². The number of hydrogen-bond acceptors (Lipinski definition) is 6. The minimum Gasteiger partial charge on any atom is -0.494 e. The number of aromatic nitrogens is 3. The first-order valence-corrected chi connectivity index (χ1v) is 13.9. The molecule has 0 bridgehead atoms. The molecule has 6 rings (SSSR count). The highest BCUT2D eigenvalue weighted by atomic mass is 35.5. The van der Waals surface area contributed by atoms with E-state index in [4.69, 9.17) is 21.1 Å². The molecule has 1 atom stereocenters. The summed E-state index contributed by atoms with van der Waals surface area (Å²) in [6.45, 7) is 2.29. The lowest BCUT2D eigenvalue weighted by atomic mass is 9.84. The van der Waals surface area contributed by atoms with Gasteiger partial charge in [0.2, 0.25) is 5.60 Å². The number of pyridine rings is 1. The average molecular weight is 619 g/mol. The zero-order valence-corrected chi connectivity index (χ0v) is 24.1. The van der Waals surface area contributed by atoms with Crippen LogP contribution < -0.4 is 14.8 Å². The molecule has 3 heterocycles. The van der Waals surface area contributed by atoms with Gasteiger partial charge in [0.05, 0.1) is 37.0 Å². The first-order chi connectivity index (χ1) is 20.2. The Morgan fingerprint density at radius 3 is 2.67 bits per heavy atom. The van der Waals surface area contributed by atoms with E-state index in [9.17, 15) is 23.1 Å². The van der Waals surface area contributed by atoms with Crippen LogP contribution in [0.15, 0.2) is 42.6 Å². The number of amides is 1. The van der Waals surface area contributed by atoms with Gasteiger partial charge in [-0.2, -0.15) is 18.3 Å². The number of carbonyl (C=O) groups is 1.